The first-order valence-electron chi connectivity index (χ1n) is 4.32. The van der Waals surface area contributed by atoms with Crippen LogP contribution in [0.4, 0.5) is 8.78 Å². The van der Waals surface area contributed by atoms with Gasteiger partial charge in [-0.1, -0.05) is 34.8 Å². The fourth-order valence-corrected chi connectivity index (χ4v) is 2.01. The molecule has 0 amide bonds. The van der Waals surface area contributed by atoms with Crippen LogP contribution in [0.3, 0.4) is 0 Å². The minimum absolute atomic E-state index is 0.0632. The Bertz CT molecular complexity index is 590. The number of nitrogens with zero attached hydrogens (tertiary/aromatic N) is 2. The lowest BCUT2D eigenvalue weighted by molar-refractivity contribution is 0.485. The maximum Gasteiger partial charge on any atom is 0.311 e. The van der Waals surface area contributed by atoms with E-state index < -0.39 is 12.0 Å². The second kappa shape index (κ2) is 4.72. The van der Waals surface area contributed by atoms with E-state index in [1.54, 1.807) is 0 Å². The van der Waals surface area contributed by atoms with Crippen LogP contribution in [0, 0.1) is 12.0 Å². The summed E-state index contributed by atoms with van der Waals surface area (Å²) in [5, 5.41) is 0.441. The molecule has 17 heavy (non-hydrogen) atoms. The Labute approximate surface area is 110 Å². The van der Waals surface area contributed by atoms with Crippen molar-refractivity contribution in [2.45, 2.75) is 0 Å². The number of benzene rings is 1. The van der Waals surface area contributed by atoms with E-state index in [0.29, 0.717) is 0 Å². The van der Waals surface area contributed by atoms with Gasteiger partial charge in [0.15, 0.2) is 0 Å². The van der Waals surface area contributed by atoms with E-state index in [1.807, 2.05) is 0 Å². The molecule has 0 N–H and O–H groups in total. The largest absolute Gasteiger partial charge is 0.311 e. The summed E-state index contributed by atoms with van der Waals surface area (Å²) < 4.78 is 26.1. The minimum atomic E-state index is -1.17. The van der Waals surface area contributed by atoms with Crippen LogP contribution < -0.4 is 0 Å². The topological polar surface area (TPSA) is 25.8 Å². The second-order valence-electron chi connectivity index (χ2n) is 3.06. The Balaban J connectivity index is 2.72. The van der Waals surface area contributed by atoms with Gasteiger partial charge in [-0.3, -0.25) is 0 Å². The van der Waals surface area contributed by atoms with Gasteiger partial charge in [0.25, 0.3) is 0 Å². The Morgan fingerprint density at radius 1 is 1.00 bits per heavy atom. The van der Waals surface area contributed by atoms with Crippen molar-refractivity contribution in [3.05, 3.63) is 45.4 Å². The van der Waals surface area contributed by atoms with Gasteiger partial charge in [-0.25, -0.2) is 4.98 Å². The first-order valence-corrected chi connectivity index (χ1v) is 5.46. The van der Waals surface area contributed by atoms with Gasteiger partial charge in [-0.15, -0.1) is 0 Å². The van der Waals surface area contributed by atoms with Crippen LogP contribution in [0.2, 0.25) is 15.1 Å². The van der Waals surface area contributed by atoms with Crippen LogP contribution in [0.5, 0.6) is 0 Å². The van der Waals surface area contributed by atoms with Gasteiger partial charge >= 0.3 is 6.08 Å². The van der Waals surface area contributed by atoms with Crippen molar-refractivity contribution in [3.63, 3.8) is 0 Å². The average molecular weight is 296 g/mol. The fraction of sp³-hybridized carbons (Fsp3) is 0. The number of hydrogen-bond acceptors (Lipinski definition) is 2. The summed E-state index contributed by atoms with van der Waals surface area (Å²) in [6.07, 6.45) is -0.207. The number of halogens is 5. The number of hydrogen-bond donors (Lipinski definition) is 0. The van der Waals surface area contributed by atoms with Crippen molar-refractivity contribution in [1.29, 1.82) is 0 Å². The quantitative estimate of drug-likeness (QED) is 0.443. The van der Waals surface area contributed by atoms with Crippen LogP contribution in [-0.4, -0.2) is 9.97 Å². The Morgan fingerprint density at radius 3 is 2.29 bits per heavy atom. The highest BCUT2D eigenvalue weighted by Crippen LogP contribution is 2.39. The molecule has 0 aliphatic heterocycles. The van der Waals surface area contributed by atoms with Crippen LogP contribution in [0.15, 0.2) is 18.3 Å². The maximum absolute atomic E-state index is 13.5. The first kappa shape index (κ1) is 12.5. The minimum Gasteiger partial charge on any atom is -0.210 e. The van der Waals surface area contributed by atoms with Crippen molar-refractivity contribution < 1.29 is 8.78 Å². The molecule has 0 aliphatic carbocycles. The lowest BCUT2D eigenvalue weighted by Gasteiger charge is -2.08. The van der Waals surface area contributed by atoms with Crippen molar-refractivity contribution in [2.75, 3.05) is 0 Å². The molecule has 0 fully saturated rings. The van der Waals surface area contributed by atoms with Gasteiger partial charge < -0.3 is 0 Å². The Kier molecular flexibility index (Phi) is 3.47. The lowest BCUT2D eigenvalue weighted by Crippen LogP contribution is -1.97. The van der Waals surface area contributed by atoms with Gasteiger partial charge in [0.2, 0.25) is 5.95 Å². The zero-order valence-corrected chi connectivity index (χ0v) is 10.3. The molecular formula is C10H3Cl3F2N2. The van der Waals surface area contributed by atoms with E-state index in [-0.39, 0.29) is 26.2 Å². The van der Waals surface area contributed by atoms with Gasteiger partial charge in [0.1, 0.15) is 0 Å². The van der Waals surface area contributed by atoms with Gasteiger partial charge in [-0.2, -0.15) is 13.8 Å². The molecule has 2 aromatic rings. The van der Waals surface area contributed by atoms with Crippen molar-refractivity contribution in [2.24, 2.45) is 0 Å². The van der Waals surface area contributed by atoms with Crippen molar-refractivity contribution >= 4 is 34.8 Å². The summed E-state index contributed by atoms with van der Waals surface area (Å²) in [6.45, 7) is 0. The highest BCUT2D eigenvalue weighted by molar-refractivity contribution is 6.46. The Morgan fingerprint density at radius 2 is 1.65 bits per heavy atom. The molecule has 0 spiro atoms. The number of rotatable bonds is 1. The highest BCUT2D eigenvalue weighted by Gasteiger charge is 2.17. The molecule has 0 radical (unpaired) electrons. The van der Waals surface area contributed by atoms with E-state index in [0.717, 1.165) is 6.20 Å². The summed E-state index contributed by atoms with van der Waals surface area (Å²) in [5.41, 5.74) is 0.0298. The van der Waals surface area contributed by atoms with Gasteiger partial charge in [0, 0.05) is 11.8 Å². The van der Waals surface area contributed by atoms with Gasteiger partial charge in [-0.05, 0) is 12.1 Å². The molecular weight excluding hydrogens is 292 g/mol. The van der Waals surface area contributed by atoms with E-state index in [4.69, 9.17) is 34.8 Å². The summed E-state index contributed by atoms with van der Waals surface area (Å²) >= 11 is 17.6. The maximum atomic E-state index is 13.5. The first-order chi connectivity index (χ1) is 8.00. The average Bonchev–Trinajstić information content (AvgIpc) is 2.27. The predicted molar refractivity (Wildman–Crippen MR) is 62.4 cm³/mol. The van der Waals surface area contributed by atoms with Crippen LogP contribution in [-0.2, 0) is 0 Å². The SMILES string of the molecule is Fc1ncc(-c2c(Cl)ccc(Cl)c2Cl)c(F)n1. The molecule has 88 valence electrons. The highest BCUT2D eigenvalue weighted by atomic mass is 35.5. The molecule has 1 aromatic carbocycles. The lowest BCUT2D eigenvalue weighted by atomic mass is 10.1. The molecule has 0 saturated carbocycles. The molecule has 2 nitrogen and oxygen atoms in total. The molecule has 1 heterocycles. The second-order valence-corrected chi connectivity index (χ2v) is 4.25. The predicted octanol–water partition coefficient (Wildman–Crippen LogP) is 4.38. The smallest absolute Gasteiger partial charge is 0.210 e. The normalized spacial score (nSPS) is 10.6. The van der Waals surface area contributed by atoms with E-state index >= 15 is 0 Å². The summed E-state index contributed by atoms with van der Waals surface area (Å²) in [6, 6.07) is 2.92. The summed E-state index contributed by atoms with van der Waals surface area (Å²) in [5.74, 6) is -1.05. The molecule has 0 aliphatic rings. The van der Waals surface area contributed by atoms with E-state index in [2.05, 4.69) is 9.97 Å². The molecule has 0 saturated heterocycles. The third-order valence-corrected chi connectivity index (χ3v) is 3.15. The molecule has 1 aromatic heterocycles. The molecule has 0 atom stereocenters. The summed E-state index contributed by atoms with van der Waals surface area (Å²) in [4.78, 5) is 6.21. The van der Waals surface area contributed by atoms with Crippen LogP contribution in [0.1, 0.15) is 0 Å². The molecule has 7 heteroatoms. The molecule has 0 bridgehead atoms. The van der Waals surface area contributed by atoms with Gasteiger partial charge in [0.05, 0.1) is 20.6 Å². The molecule has 2 rings (SSSR count). The Hall–Kier alpha value is -0.970. The van der Waals surface area contributed by atoms with Crippen molar-refractivity contribution in [1.82, 2.24) is 9.97 Å². The monoisotopic (exact) mass is 294 g/mol. The summed E-state index contributed by atoms with van der Waals surface area (Å²) in [7, 11) is 0. The zero-order valence-electron chi connectivity index (χ0n) is 8.02. The number of aromatic nitrogens is 2. The third-order valence-electron chi connectivity index (χ3n) is 2.03. The third kappa shape index (κ3) is 2.34. The van der Waals surface area contributed by atoms with Crippen LogP contribution in [0.25, 0.3) is 11.1 Å². The van der Waals surface area contributed by atoms with Crippen molar-refractivity contribution in [3.8, 4) is 11.1 Å². The standard InChI is InChI=1S/C10H3Cl3F2N2/c11-5-1-2-6(12)8(13)7(5)4-3-16-10(15)17-9(4)14/h1-3H. The zero-order chi connectivity index (χ0) is 12.6. The molecule has 0 unspecified atom stereocenters. The fourth-order valence-electron chi connectivity index (χ4n) is 1.28. The van der Waals surface area contributed by atoms with E-state index in [1.165, 1.54) is 12.1 Å². The van der Waals surface area contributed by atoms with E-state index in [9.17, 15) is 8.78 Å². The van der Waals surface area contributed by atoms with Crippen LogP contribution >= 0.6 is 34.8 Å².